The van der Waals surface area contributed by atoms with Crippen LogP contribution < -0.4 is 10.1 Å². The zero-order valence-corrected chi connectivity index (χ0v) is 33.2. The molecule has 0 atom stereocenters. The summed E-state index contributed by atoms with van der Waals surface area (Å²) in [6.45, 7) is 9.36. The summed E-state index contributed by atoms with van der Waals surface area (Å²) in [6.07, 6.45) is 0. The molecule has 0 radical (unpaired) electrons. The number of benzene rings is 6. The number of phenolic OH excluding ortho intramolecular Hbond substituents is 1. The van der Waals surface area contributed by atoms with Gasteiger partial charge in [-0.25, -0.2) is 5.26 Å². The molecule has 0 bridgehead atoms. The molecule has 6 aromatic rings. The van der Waals surface area contributed by atoms with E-state index in [-0.39, 0.29) is 22.9 Å². The largest absolute Gasteiger partial charge is 0.505 e. The van der Waals surface area contributed by atoms with Crippen LogP contribution in [-0.4, -0.2) is 30.4 Å². The number of nitrogens with one attached hydrogen (secondary N) is 1. The number of methoxy groups -OCH3 is 1. The molecule has 6 aromatic carbocycles. The fraction of sp³-hybridized carbons (Fsp3) is 0.150. The first kappa shape index (κ1) is 40.6. The summed E-state index contributed by atoms with van der Waals surface area (Å²) in [4.78, 5) is -0.0879. The number of aromatic hydroxyl groups is 1. The second-order valence-corrected chi connectivity index (χ2v) is 15.1. The third kappa shape index (κ3) is 9.66. The van der Waals surface area contributed by atoms with Gasteiger partial charge in [-0.15, -0.1) is 14.6 Å². The highest BCUT2D eigenvalue weighted by molar-refractivity contribution is 7.94. The number of phenols is 1. The van der Waals surface area contributed by atoms with Gasteiger partial charge in [-0.05, 0) is 135 Å². The van der Waals surface area contributed by atoms with Crippen molar-refractivity contribution in [2.75, 3.05) is 12.4 Å². The van der Waals surface area contributed by atoms with E-state index >= 15 is 0 Å². The molecule has 0 aliphatic rings. The molecule has 17 heteroatoms. The van der Waals surface area contributed by atoms with E-state index in [9.17, 15) is 18.1 Å². The lowest BCUT2D eigenvalue weighted by atomic mass is 10.1. The van der Waals surface area contributed by atoms with Crippen molar-refractivity contribution in [2.45, 2.75) is 44.4 Å². The number of hydrogen-bond donors (Lipinski definition) is 4. The van der Waals surface area contributed by atoms with Crippen molar-refractivity contribution in [3.63, 3.8) is 0 Å². The first-order valence-corrected chi connectivity index (χ1v) is 19.3. The van der Waals surface area contributed by atoms with Crippen LogP contribution in [0.4, 0.5) is 45.5 Å². The van der Waals surface area contributed by atoms with Gasteiger partial charge in [0.1, 0.15) is 22.0 Å². The number of hydrogen-bond acceptors (Lipinski definition) is 15. The minimum absolute atomic E-state index is 0.0484. The SMILES string of the molecule is COc1ccc(N=Nc2cc(C)c(N=Nc3cc(C)c(N=Nc4c(SOOO)cc5cc(Nc6ccc(C)cc6)ccc5c4O)cc3C)cc2C)c(S(=O)(=O)O)c1. The molecule has 0 aliphatic heterocycles. The molecule has 4 N–H and O–H groups in total. The molecule has 0 spiro atoms. The molecule has 57 heavy (non-hydrogen) atoms. The topological polar surface area (TPSA) is 209 Å². The average molecular weight is 808 g/mol. The van der Waals surface area contributed by atoms with Crippen molar-refractivity contribution in [1.29, 1.82) is 0 Å². The molecular weight excluding hydrogens is 771 g/mol. The minimum Gasteiger partial charge on any atom is -0.505 e. The molecule has 0 fully saturated rings. The Morgan fingerprint density at radius 2 is 1.16 bits per heavy atom. The van der Waals surface area contributed by atoms with Crippen LogP contribution in [0.5, 0.6) is 11.5 Å². The van der Waals surface area contributed by atoms with Gasteiger partial charge >= 0.3 is 0 Å². The Kier molecular flexibility index (Phi) is 12.4. The van der Waals surface area contributed by atoms with Gasteiger partial charge < -0.3 is 15.2 Å². The van der Waals surface area contributed by atoms with Crippen molar-refractivity contribution in [2.24, 2.45) is 30.7 Å². The Balaban J connectivity index is 1.23. The van der Waals surface area contributed by atoms with E-state index in [2.05, 4.69) is 41.0 Å². The van der Waals surface area contributed by atoms with Crippen molar-refractivity contribution >= 4 is 78.4 Å². The molecule has 0 amide bonds. The van der Waals surface area contributed by atoms with Gasteiger partial charge in [0.05, 0.1) is 46.8 Å². The van der Waals surface area contributed by atoms with Gasteiger partial charge in [-0.1, -0.05) is 22.7 Å². The standard InChI is InChI=1S/C40H37N7O8S2/c1-22-7-9-28(10-8-22)41-29-11-13-31-27(19-29)20-37(56-55-54-49)39(40(31)48)47-46-36-18-25(4)35(17-26(36)5)45-44-34-16-23(2)33(15-24(34)3)43-42-32-14-12-30(53-6)21-38(32)57(50,51)52/h7-21,41,48-49H,1-6H3,(H,50,51,52). The lowest BCUT2D eigenvalue weighted by Crippen LogP contribution is -1.99. The fourth-order valence-corrected chi connectivity index (χ4v) is 6.81. The fourth-order valence-electron chi connectivity index (χ4n) is 5.68. The van der Waals surface area contributed by atoms with E-state index in [1.807, 2.05) is 70.2 Å². The maximum absolute atomic E-state index is 11.9. The second-order valence-electron chi connectivity index (χ2n) is 13.0. The zero-order chi connectivity index (χ0) is 40.9. The van der Waals surface area contributed by atoms with Crippen molar-refractivity contribution in [1.82, 2.24) is 0 Å². The Bertz CT molecular complexity index is 2690. The first-order valence-electron chi connectivity index (χ1n) is 17.2. The van der Waals surface area contributed by atoms with Crippen LogP contribution >= 0.6 is 12.0 Å². The van der Waals surface area contributed by atoms with E-state index in [4.69, 9.17) is 14.3 Å². The summed E-state index contributed by atoms with van der Waals surface area (Å²) in [7, 11) is -3.20. The molecule has 0 saturated carbocycles. The number of nitrogens with zero attached hydrogens (tertiary/aromatic N) is 6. The van der Waals surface area contributed by atoms with Crippen LogP contribution in [0.25, 0.3) is 10.8 Å². The van der Waals surface area contributed by atoms with Crippen LogP contribution in [0, 0.1) is 34.6 Å². The van der Waals surface area contributed by atoms with Gasteiger partial charge in [-0.3, -0.25) is 4.55 Å². The number of fused-ring (bicyclic) bond motifs is 1. The van der Waals surface area contributed by atoms with Gasteiger partial charge in [0.15, 0.2) is 5.75 Å². The first-order chi connectivity index (χ1) is 27.2. The number of rotatable bonds is 13. The normalized spacial score (nSPS) is 12.1. The highest BCUT2D eigenvalue weighted by Crippen LogP contribution is 2.45. The highest BCUT2D eigenvalue weighted by Gasteiger charge is 2.18. The number of anilines is 2. The maximum atomic E-state index is 11.9. The van der Waals surface area contributed by atoms with Crippen molar-refractivity contribution in [3.8, 4) is 11.5 Å². The zero-order valence-electron chi connectivity index (χ0n) is 31.5. The Labute approximate surface area is 332 Å². The Morgan fingerprint density at radius 1 is 0.632 bits per heavy atom. The summed E-state index contributed by atoms with van der Waals surface area (Å²) in [6, 6.07) is 26.4. The maximum Gasteiger partial charge on any atom is 0.296 e. The predicted octanol–water partition coefficient (Wildman–Crippen LogP) is 12.8. The van der Waals surface area contributed by atoms with E-state index in [1.165, 1.54) is 25.3 Å². The number of azo groups is 3. The third-order valence-corrected chi connectivity index (χ3v) is 10.3. The van der Waals surface area contributed by atoms with Crippen LogP contribution in [0.1, 0.15) is 27.8 Å². The molecule has 0 aliphatic carbocycles. The Morgan fingerprint density at radius 3 is 1.68 bits per heavy atom. The summed E-state index contributed by atoms with van der Waals surface area (Å²) in [5.74, 6) is 0.106. The van der Waals surface area contributed by atoms with Crippen LogP contribution in [0.15, 0.2) is 131 Å². The molecule has 292 valence electrons. The number of ether oxygens (including phenoxy) is 1. The van der Waals surface area contributed by atoms with Crippen molar-refractivity contribution < 1.29 is 37.4 Å². The molecule has 0 unspecified atom stereocenters. The monoisotopic (exact) mass is 807 g/mol. The Hall–Kier alpha value is -6.08. The molecule has 0 heterocycles. The third-order valence-electron chi connectivity index (χ3n) is 8.81. The van der Waals surface area contributed by atoms with Crippen LogP contribution in [-0.2, 0) is 19.5 Å². The molecule has 15 nitrogen and oxygen atoms in total. The highest BCUT2D eigenvalue weighted by atomic mass is 32.2. The van der Waals surface area contributed by atoms with E-state index in [0.717, 1.165) is 33.6 Å². The van der Waals surface area contributed by atoms with Gasteiger partial charge in [0.2, 0.25) is 0 Å². The molecule has 6 rings (SSSR count). The van der Waals surface area contributed by atoms with Crippen LogP contribution in [0.3, 0.4) is 0 Å². The van der Waals surface area contributed by atoms with Gasteiger partial charge in [0, 0.05) is 22.8 Å². The van der Waals surface area contributed by atoms with Crippen LogP contribution in [0.2, 0.25) is 0 Å². The lowest BCUT2D eigenvalue weighted by molar-refractivity contribution is -0.432. The van der Waals surface area contributed by atoms with E-state index in [1.54, 1.807) is 37.3 Å². The molecule has 0 aromatic heterocycles. The lowest BCUT2D eigenvalue weighted by Gasteiger charge is -2.12. The van der Waals surface area contributed by atoms with Crippen molar-refractivity contribution in [3.05, 3.63) is 119 Å². The van der Waals surface area contributed by atoms with E-state index in [0.29, 0.717) is 56.0 Å². The summed E-state index contributed by atoms with van der Waals surface area (Å²) in [5, 5.41) is 54.8. The van der Waals surface area contributed by atoms with Gasteiger partial charge in [0.25, 0.3) is 10.1 Å². The quantitative estimate of drug-likeness (QED) is 0.0285. The number of aryl methyl sites for hydroxylation is 5. The molecule has 0 saturated heterocycles. The summed E-state index contributed by atoms with van der Waals surface area (Å²) < 4.78 is 43.3. The predicted molar refractivity (Wildman–Crippen MR) is 218 cm³/mol. The van der Waals surface area contributed by atoms with Gasteiger partial charge in [-0.2, -0.15) is 28.9 Å². The smallest absolute Gasteiger partial charge is 0.296 e. The summed E-state index contributed by atoms with van der Waals surface area (Å²) >= 11 is 0.664. The average Bonchev–Trinajstić information content (AvgIpc) is 3.18. The minimum atomic E-state index is -4.58. The second kappa shape index (κ2) is 17.4. The molecular formula is C40H37N7O8S2. The van der Waals surface area contributed by atoms with E-state index < -0.39 is 15.0 Å². The summed E-state index contributed by atoms with van der Waals surface area (Å²) in [5.41, 5.74) is 8.03.